The molecule has 2 aromatic heterocycles. The van der Waals surface area contributed by atoms with Crippen LogP contribution in [0.3, 0.4) is 0 Å². The van der Waals surface area contributed by atoms with E-state index in [0.717, 1.165) is 29.8 Å². The number of piperidine rings is 1. The predicted octanol–water partition coefficient (Wildman–Crippen LogP) is 3.24. The minimum absolute atomic E-state index is 0.0476. The third-order valence-electron chi connectivity index (χ3n) is 5.36. The SMILES string of the molecule is C[C@@H]1C[C@H](C)CN(C(=O)c2cnc3c(ccn3-c3ccc(C(N)=O)cc3)c2)C1. The predicted molar refractivity (Wildman–Crippen MR) is 108 cm³/mol. The van der Waals surface area contributed by atoms with E-state index in [-0.39, 0.29) is 5.91 Å². The highest BCUT2D eigenvalue weighted by Crippen LogP contribution is 2.24. The Morgan fingerprint density at radius 2 is 1.71 bits per heavy atom. The molecule has 0 saturated carbocycles. The molecule has 2 amide bonds. The molecule has 4 rings (SSSR count). The van der Waals surface area contributed by atoms with Gasteiger partial charge in [-0.25, -0.2) is 4.98 Å². The number of primary amides is 1. The maximum absolute atomic E-state index is 12.9. The molecule has 3 heterocycles. The van der Waals surface area contributed by atoms with Crippen molar-refractivity contribution in [2.45, 2.75) is 20.3 Å². The molecule has 1 fully saturated rings. The van der Waals surface area contributed by atoms with Gasteiger partial charge in [0.1, 0.15) is 5.65 Å². The largest absolute Gasteiger partial charge is 0.366 e. The van der Waals surface area contributed by atoms with E-state index >= 15 is 0 Å². The third kappa shape index (κ3) is 3.38. The van der Waals surface area contributed by atoms with Crippen LogP contribution in [0.2, 0.25) is 0 Å². The summed E-state index contributed by atoms with van der Waals surface area (Å²) in [6.45, 7) is 5.99. The van der Waals surface area contributed by atoms with Crippen molar-refractivity contribution in [3.05, 3.63) is 59.9 Å². The Balaban J connectivity index is 1.62. The van der Waals surface area contributed by atoms with Crippen LogP contribution in [0.25, 0.3) is 16.7 Å². The lowest BCUT2D eigenvalue weighted by molar-refractivity contribution is 0.0623. The summed E-state index contributed by atoms with van der Waals surface area (Å²) in [6, 6.07) is 10.9. The number of fused-ring (bicyclic) bond motifs is 1. The fourth-order valence-electron chi connectivity index (χ4n) is 4.15. The standard InChI is InChI=1S/C22H24N4O2/c1-14-9-15(2)13-25(12-14)22(28)18-10-17-7-8-26(21(17)24-11-18)19-5-3-16(4-6-19)20(23)27/h3-8,10-11,14-15H,9,12-13H2,1-2H3,(H2,23,27)/t14-,15+. The highest BCUT2D eigenvalue weighted by Gasteiger charge is 2.26. The first kappa shape index (κ1) is 18.2. The Hall–Kier alpha value is -3.15. The second-order valence-electron chi connectivity index (χ2n) is 7.89. The van der Waals surface area contributed by atoms with E-state index in [4.69, 9.17) is 5.73 Å². The van der Waals surface area contributed by atoms with E-state index in [9.17, 15) is 9.59 Å². The van der Waals surface area contributed by atoms with Gasteiger partial charge in [0.2, 0.25) is 5.91 Å². The highest BCUT2D eigenvalue weighted by molar-refractivity contribution is 5.97. The molecule has 1 aliphatic heterocycles. The van der Waals surface area contributed by atoms with Gasteiger partial charge in [-0.1, -0.05) is 13.8 Å². The summed E-state index contributed by atoms with van der Waals surface area (Å²) in [5.74, 6) is 0.639. The summed E-state index contributed by atoms with van der Waals surface area (Å²) in [7, 11) is 0. The zero-order chi connectivity index (χ0) is 19.8. The van der Waals surface area contributed by atoms with E-state index in [1.54, 1.807) is 18.3 Å². The van der Waals surface area contributed by atoms with E-state index in [1.807, 2.05) is 39.9 Å². The minimum Gasteiger partial charge on any atom is -0.366 e. The molecule has 1 aliphatic rings. The van der Waals surface area contributed by atoms with Crippen molar-refractivity contribution in [3.8, 4) is 5.69 Å². The molecule has 2 atom stereocenters. The quantitative estimate of drug-likeness (QED) is 0.762. The number of benzene rings is 1. The molecule has 0 unspecified atom stereocenters. The Kier molecular flexibility index (Phi) is 4.63. The van der Waals surface area contributed by atoms with Crippen molar-refractivity contribution >= 4 is 22.8 Å². The molecule has 2 N–H and O–H groups in total. The maximum atomic E-state index is 12.9. The number of aromatic nitrogens is 2. The van der Waals surface area contributed by atoms with Crippen molar-refractivity contribution < 1.29 is 9.59 Å². The molecule has 6 nitrogen and oxygen atoms in total. The van der Waals surface area contributed by atoms with Gasteiger partial charge in [-0.2, -0.15) is 0 Å². The number of rotatable bonds is 3. The number of pyridine rings is 1. The van der Waals surface area contributed by atoms with Crippen LogP contribution in [-0.2, 0) is 0 Å². The van der Waals surface area contributed by atoms with Crippen molar-refractivity contribution in [3.63, 3.8) is 0 Å². The molecule has 28 heavy (non-hydrogen) atoms. The van der Waals surface area contributed by atoms with Crippen molar-refractivity contribution in [1.82, 2.24) is 14.5 Å². The lowest BCUT2D eigenvalue weighted by atomic mass is 9.91. The van der Waals surface area contributed by atoms with Crippen LogP contribution >= 0.6 is 0 Å². The van der Waals surface area contributed by atoms with Gasteiger partial charge in [-0.05, 0) is 54.7 Å². The summed E-state index contributed by atoms with van der Waals surface area (Å²) >= 11 is 0. The second-order valence-corrected chi connectivity index (χ2v) is 7.89. The van der Waals surface area contributed by atoms with Crippen LogP contribution < -0.4 is 5.73 Å². The Labute approximate surface area is 164 Å². The first-order valence-corrected chi connectivity index (χ1v) is 9.59. The smallest absolute Gasteiger partial charge is 0.255 e. The molecule has 1 saturated heterocycles. The number of hydrogen-bond donors (Lipinski definition) is 1. The lowest BCUT2D eigenvalue weighted by Crippen LogP contribution is -2.42. The molecule has 0 radical (unpaired) electrons. The fraction of sp³-hybridized carbons (Fsp3) is 0.318. The number of carbonyl (C=O) groups excluding carboxylic acids is 2. The third-order valence-corrected chi connectivity index (χ3v) is 5.36. The molecule has 6 heteroatoms. The number of carbonyl (C=O) groups is 2. The molecule has 144 valence electrons. The normalized spacial score (nSPS) is 19.7. The van der Waals surface area contributed by atoms with Crippen LogP contribution in [-0.4, -0.2) is 39.4 Å². The summed E-state index contributed by atoms with van der Waals surface area (Å²) < 4.78 is 1.93. The van der Waals surface area contributed by atoms with Gasteiger partial charge in [0.05, 0.1) is 5.56 Å². The van der Waals surface area contributed by atoms with Crippen LogP contribution in [0, 0.1) is 11.8 Å². The van der Waals surface area contributed by atoms with Crippen LogP contribution in [0.15, 0.2) is 48.8 Å². The molecular weight excluding hydrogens is 352 g/mol. The second kappa shape index (κ2) is 7.11. The molecule has 0 spiro atoms. The van der Waals surface area contributed by atoms with Crippen LogP contribution in [0.5, 0.6) is 0 Å². The first-order chi connectivity index (χ1) is 13.4. The van der Waals surface area contributed by atoms with Gasteiger partial charge < -0.3 is 15.2 Å². The lowest BCUT2D eigenvalue weighted by Gasteiger charge is -2.35. The molecule has 3 aromatic rings. The number of nitrogens with zero attached hydrogens (tertiary/aromatic N) is 3. The monoisotopic (exact) mass is 376 g/mol. The number of amides is 2. The Morgan fingerprint density at radius 3 is 2.36 bits per heavy atom. The topological polar surface area (TPSA) is 81.2 Å². The van der Waals surface area contributed by atoms with Crippen molar-refractivity contribution in [2.24, 2.45) is 17.6 Å². The zero-order valence-electron chi connectivity index (χ0n) is 16.1. The molecule has 0 bridgehead atoms. The fourth-order valence-corrected chi connectivity index (χ4v) is 4.15. The number of nitrogens with two attached hydrogens (primary N) is 1. The van der Waals surface area contributed by atoms with Gasteiger partial charge in [0.15, 0.2) is 0 Å². The minimum atomic E-state index is -0.452. The van der Waals surface area contributed by atoms with E-state index in [0.29, 0.717) is 23.0 Å². The summed E-state index contributed by atoms with van der Waals surface area (Å²) in [6.07, 6.45) is 4.73. The number of hydrogen-bond acceptors (Lipinski definition) is 3. The molecular formula is C22H24N4O2. The highest BCUT2D eigenvalue weighted by atomic mass is 16.2. The average molecular weight is 376 g/mol. The summed E-state index contributed by atoms with van der Waals surface area (Å²) in [4.78, 5) is 30.7. The van der Waals surface area contributed by atoms with Gasteiger partial charge in [0, 0.05) is 42.1 Å². The summed E-state index contributed by atoms with van der Waals surface area (Å²) in [5, 5.41) is 0.905. The van der Waals surface area contributed by atoms with Crippen LogP contribution in [0.4, 0.5) is 0 Å². The Morgan fingerprint density at radius 1 is 1.04 bits per heavy atom. The van der Waals surface area contributed by atoms with Crippen molar-refractivity contribution in [1.29, 1.82) is 0 Å². The zero-order valence-corrected chi connectivity index (χ0v) is 16.1. The first-order valence-electron chi connectivity index (χ1n) is 9.59. The van der Waals surface area contributed by atoms with E-state index in [2.05, 4.69) is 18.8 Å². The van der Waals surface area contributed by atoms with E-state index < -0.39 is 5.91 Å². The van der Waals surface area contributed by atoms with Gasteiger partial charge in [0.25, 0.3) is 5.91 Å². The van der Waals surface area contributed by atoms with Gasteiger partial charge in [-0.15, -0.1) is 0 Å². The molecule has 0 aliphatic carbocycles. The van der Waals surface area contributed by atoms with Crippen molar-refractivity contribution in [2.75, 3.05) is 13.1 Å². The van der Waals surface area contributed by atoms with Crippen LogP contribution in [0.1, 0.15) is 41.0 Å². The van der Waals surface area contributed by atoms with Gasteiger partial charge in [-0.3, -0.25) is 9.59 Å². The maximum Gasteiger partial charge on any atom is 0.255 e. The summed E-state index contributed by atoms with van der Waals surface area (Å²) in [5.41, 5.74) is 8.03. The average Bonchev–Trinajstić information content (AvgIpc) is 3.10. The van der Waals surface area contributed by atoms with Gasteiger partial charge >= 0.3 is 0 Å². The van der Waals surface area contributed by atoms with E-state index in [1.165, 1.54) is 6.42 Å². The number of likely N-dealkylation sites (tertiary alicyclic amines) is 1. The molecule has 1 aromatic carbocycles. The Bertz CT molecular complexity index is 1030.